The minimum Gasteiger partial charge on any atom is -0.395 e. The van der Waals surface area contributed by atoms with Crippen LogP contribution >= 0.6 is 0 Å². The third-order valence-corrected chi connectivity index (χ3v) is 2.78. The number of aliphatic hydroxyl groups is 2. The maximum absolute atomic E-state index is 9.46. The van der Waals surface area contributed by atoms with Crippen molar-refractivity contribution in [3.8, 4) is 0 Å². The first-order chi connectivity index (χ1) is 5.65. The second-order valence-electron chi connectivity index (χ2n) is 3.86. The Morgan fingerprint density at radius 2 is 2.25 bits per heavy atom. The summed E-state index contributed by atoms with van der Waals surface area (Å²) >= 11 is 0. The van der Waals surface area contributed by atoms with Gasteiger partial charge in [-0.25, -0.2) is 0 Å². The number of piperidine rings is 1. The van der Waals surface area contributed by atoms with Crippen LogP contribution in [0.15, 0.2) is 0 Å². The fourth-order valence-electron chi connectivity index (χ4n) is 1.68. The minimum atomic E-state index is -0.146. The second-order valence-corrected chi connectivity index (χ2v) is 3.86. The molecule has 3 unspecified atom stereocenters. The molecule has 1 rings (SSSR count). The molecule has 0 radical (unpaired) electrons. The quantitative estimate of drug-likeness (QED) is 0.621. The molecule has 0 aromatic heterocycles. The molecule has 3 nitrogen and oxygen atoms in total. The van der Waals surface area contributed by atoms with Gasteiger partial charge in [0.25, 0.3) is 0 Å². The molecule has 2 N–H and O–H groups in total. The molecule has 0 bridgehead atoms. The highest BCUT2D eigenvalue weighted by Gasteiger charge is 2.26. The van der Waals surface area contributed by atoms with Gasteiger partial charge in [0, 0.05) is 19.1 Å². The summed E-state index contributed by atoms with van der Waals surface area (Å²) in [5.74, 6) is 0.341. The van der Waals surface area contributed by atoms with Crippen LogP contribution in [0.3, 0.4) is 0 Å². The maximum atomic E-state index is 9.46. The van der Waals surface area contributed by atoms with E-state index in [1.807, 2.05) is 6.92 Å². The summed E-state index contributed by atoms with van der Waals surface area (Å²) in [5.41, 5.74) is 0. The summed E-state index contributed by atoms with van der Waals surface area (Å²) in [5, 5.41) is 18.4. The fourth-order valence-corrected chi connectivity index (χ4v) is 1.68. The largest absolute Gasteiger partial charge is 0.395 e. The molecule has 1 saturated heterocycles. The van der Waals surface area contributed by atoms with E-state index in [1.54, 1.807) is 0 Å². The summed E-state index contributed by atoms with van der Waals surface area (Å²) in [7, 11) is 0. The number of hydrogen-bond donors (Lipinski definition) is 2. The highest BCUT2D eigenvalue weighted by atomic mass is 16.3. The smallest absolute Gasteiger partial charge is 0.0590 e. The van der Waals surface area contributed by atoms with Crippen molar-refractivity contribution in [1.29, 1.82) is 0 Å². The lowest BCUT2D eigenvalue weighted by atomic mass is 9.96. The van der Waals surface area contributed by atoms with E-state index in [1.165, 1.54) is 0 Å². The van der Waals surface area contributed by atoms with Crippen molar-refractivity contribution >= 4 is 0 Å². The zero-order chi connectivity index (χ0) is 9.14. The molecule has 0 aliphatic carbocycles. The standard InChI is InChI=1S/C9H19NO2/c1-7-5-10(8(2)6-11)4-3-9(7)12/h7-9,11-12H,3-6H2,1-2H3. The van der Waals surface area contributed by atoms with E-state index in [9.17, 15) is 5.11 Å². The Morgan fingerprint density at radius 3 is 2.75 bits per heavy atom. The molecule has 0 spiro atoms. The molecule has 1 aliphatic rings. The molecule has 0 saturated carbocycles. The molecule has 1 aliphatic heterocycles. The molecule has 0 aromatic carbocycles. The Kier molecular flexibility index (Phi) is 3.50. The zero-order valence-electron chi connectivity index (χ0n) is 7.90. The molecule has 0 aromatic rings. The van der Waals surface area contributed by atoms with E-state index in [2.05, 4.69) is 11.8 Å². The Bertz CT molecular complexity index is 140. The van der Waals surface area contributed by atoms with Crippen LogP contribution in [0.2, 0.25) is 0 Å². The van der Waals surface area contributed by atoms with Gasteiger partial charge in [0.2, 0.25) is 0 Å². The Labute approximate surface area is 74.0 Å². The lowest BCUT2D eigenvalue weighted by Crippen LogP contribution is -2.47. The van der Waals surface area contributed by atoms with Crippen molar-refractivity contribution in [2.24, 2.45) is 5.92 Å². The minimum absolute atomic E-state index is 0.146. The van der Waals surface area contributed by atoms with Crippen molar-refractivity contribution < 1.29 is 10.2 Å². The van der Waals surface area contributed by atoms with Gasteiger partial charge in [-0.1, -0.05) is 6.92 Å². The van der Waals surface area contributed by atoms with Crippen LogP contribution in [0, 0.1) is 5.92 Å². The summed E-state index contributed by atoms with van der Waals surface area (Å²) in [6, 6.07) is 0.236. The summed E-state index contributed by atoms with van der Waals surface area (Å²) in [4.78, 5) is 2.23. The average Bonchev–Trinajstić information content (AvgIpc) is 2.08. The Balaban J connectivity index is 2.39. The molecular formula is C9H19NO2. The normalized spacial score (nSPS) is 35.0. The van der Waals surface area contributed by atoms with Gasteiger partial charge in [-0.15, -0.1) is 0 Å². The van der Waals surface area contributed by atoms with Gasteiger partial charge in [-0.05, 0) is 19.3 Å². The molecule has 0 amide bonds. The van der Waals surface area contributed by atoms with Crippen molar-refractivity contribution in [2.45, 2.75) is 32.4 Å². The Hall–Kier alpha value is -0.120. The monoisotopic (exact) mass is 173 g/mol. The van der Waals surface area contributed by atoms with Gasteiger partial charge < -0.3 is 10.2 Å². The number of rotatable bonds is 2. The van der Waals surface area contributed by atoms with E-state index in [0.29, 0.717) is 5.92 Å². The molecule has 12 heavy (non-hydrogen) atoms. The summed E-state index contributed by atoms with van der Waals surface area (Å²) in [6.07, 6.45) is 0.693. The first-order valence-corrected chi connectivity index (χ1v) is 4.68. The van der Waals surface area contributed by atoms with Crippen LogP contribution in [0.1, 0.15) is 20.3 Å². The first kappa shape index (κ1) is 9.96. The zero-order valence-corrected chi connectivity index (χ0v) is 7.90. The molecule has 3 atom stereocenters. The third kappa shape index (κ3) is 2.19. The van der Waals surface area contributed by atoms with Crippen molar-refractivity contribution in [1.82, 2.24) is 4.90 Å². The summed E-state index contributed by atoms with van der Waals surface area (Å²) < 4.78 is 0. The molecular weight excluding hydrogens is 154 g/mol. The van der Waals surface area contributed by atoms with E-state index < -0.39 is 0 Å². The van der Waals surface area contributed by atoms with Crippen LogP contribution in [0.4, 0.5) is 0 Å². The van der Waals surface area contributed by atoms with E-state index in [0.717, 1.165) is 19.5 Å². The van der Waals surface area contributed by atoms with Crippen LogP contribution in [0.5, 0.6) is 0 Å². The van der Waals surface area contributed by atoms with Gasteiger partial charge >= 0.3 is 0 Å². The predicted octanol–water partition coefficient (Wildman–Crippen LogP) is 0.0699. The lowest BCUT2D eigenvalue weighted by molar-refractivity contribution is 0.00923. The van der Waals surface area contributed by atoms with Gasteiger partial charge in [0.15, 0.2) is 0 Å². The van der Waals surface area contributed by atoms with E-state index in [-0.39, 0.29) is 18.8 Å². The second kappa shape index (κ2) is 4.21. The van der Waals surface area contributed by atoms with Crippen molar-refractivity contribution in [3.63, 3.8) is 0 Å². The molecule has 1 fully saturated rings. The predicted molar refractivity (Wildman–Crippen MR) is 47.9 cm³/mol. The SMILES string of the molecule is CC1CN(C(C)CO)CCC1O. The van der Waals surface area contributed by atoms with Crippen molar-refractivity contribution in [2.75, 3.05) is 19.7 Å². The molecule has 1 heterocycles. The Morgan fingerprint density at radius 1 is 1.58 bits per heavy atom. The summed E-state index contributed by atoms with van der Waals surface area (Å²) in [6.45, 7) is 6.10. The number of aliphatic hydroxyl groups excluding tert-OH is 2. The van der Waals surface area contributed by atoms with Crippen LogP contribution < -0.4 is 0 Å². The van der Waals surface area contributed by atoms with Gasteiger partial charge in [0.1, 0.15) is 0 Å². The average molecular weight is 173 g/mol. The van der Waals surface area contributed by atoms with Gasteiger partial charge in [0.05, 0.1) is 12.7 Å². The van der Waals surface area contributed by atoms with Crippen LogP contribution in [-0.4, -0.2) is 47.0 Å². The first-order valence-electron chi connectivity index (χ1n) is 4.68. The number of likely N-dealkylation sites (tertiary alicyclic amines) is 1. The third-order valence-electron chi connectivity index (χ3n) is 2.78. The number of nitrogens with zero attached hydrogens (tertiary/aromatic N) is 1. The highest BCUT2D eigenvalue weighted by molar-refractivity contribution is 4.79. The highest BCUT2D eigenvalue weighted by Crippen LogP contribution is 2.17. The molecule has 3 heteroatoms. The van der Waals surface area contributed by atoms with Gasteiger partial charge in [-0.2, -0.15) is 0 Å². The van der Waals surface area contributed by atoms with Crippen LogP contribution in [0.25, 0.3) is 0 Å². The van der Waals surface area contributed by atoms with E-state index in [4.69, 9.17) is 5.11 Å². The fraction of sp³-hybridized carbons (Fsp3) is 1.00. The molecule has 72 valence electrons. The lowest BCUT2D eigenvalue weighted by Gasteiger charge is -2.37. The topological polar surface area (TPSA) is 43.7 Å². The number of hydrogen-bond acceptors (Lipinski definition) is 3. The van der Waals surface area contributed by atoms with Crippen LogP contribution in [-0.2, 0) is 0 Å². The van der Waals surface area contributed by atoms with Gasteiger partial charge in [-0.3, -0.25) is 4.90 Å². The van der Waals surface area contributed by atoms with Crippen molar-refractivity contribution in [3.05, 3.63) is 0 Å². The van der Waals surface area contributed by atoms with E-state index >= 15 is 0 Å². The maximum Gasteiger partial charge on any atom is 0.0590 e.